The summed E-state index contributed by atoms with van der Waals surface area (Å²) in [5.41, 5.74) is 0.853. The number of aryl methyl sites for hydroxylation is 2. The van der Waals surface area contributed by atoms with Gasteiger partial charge in [-0.3, -0.25) is 4.79 Å². The highest BCUT2D eigenvalue weighted by atomic mass is 32.1. The van der Waals surface area contributed by atoms with Gasteiger partial charge in [-0.15, -0.1) is 11.3 Å². The second kappa shape index (κ2) is 5.45. The van der Waals surface area contributed by atoms with E-state index in [0.29, 0.717) is 5.92 Å². The summed E-state index contributed by atoms with van der Waals surface area (Å²) in [5, 5.41) is 7.24. The molecule has 1 amide bonds. The van der Waals surface area contributed by atoms with E-state index >= 15 is 0 Å². The van der Waals surface area contributed by atoms with Crippen LogP contribution in [0.1, 0.15) is 43.7 Å². The number of piperidine rings is 1. The molecule has 0 saturated carbocycles. The maximum atomic E-state index is 12.6. The molecule has 1 aromatic heterocycles. The molecular formula is C15H23N3OS. The Morgan fingerprint density at radius 2 is 2.25 bits per heavy atom. The second-order valence-electron chi connectivity index (χ2n) is 6.46. The van der Waals surface area contributed by atoms with Gasteiger partial charge in [0.15, 0.2) is 5.13 Å². The molecule has 5 heteroatoms. The van der Waals surface area contributed by atoms with E-state index in [2.05, 4.69) is 29.5 Å². The number of hydrogen-bond acceptors (Lipinski definition) is 4. The quantitative estimate of drug-likeness (QED) is 0.900. The van der Waals surface area contributed by atoms with Crippen LogP contribution in [0, 0.1) is 11.3 Å². The largest absolute Gasteiger partial charge is 0.316 e. The summed E-state index contributed by atoms with van der Waals surface area (Å²) >= 11 is 1.65. The monoisotopic (exact) mass is 293 g/mol. The molecule has 1 unspecified atom stereocenters. The van der Waals surface area contributed by atoms with Crippen molar-refractivity contribution in [3.63, 3.8) is 0 Å². The van der Waals surface area contributed by atoms with Crippen LogP contribution in [-0.2, 0) is 17.6 Å². The van der Waals surface area contributed by atoms with Gasteiger partial charge in [0, 0.05) is 10.3 Å². The van der Waals surface area contributed by atoms with Gasteiger partial charge in [-0.25, -0.2) is 4.98 Å². The van der Waals surface area contributed by atoms with E-state index in [1.807, 2.05) is 0 Å². The molecule has 4 nitrogen and oxygen atoms in total. The third kappa shape index (κ3) is 2.61. The number of hydrogen-bond donors (Lipinski definition) is 2. The molecule has 0 aromatic carbocycles. The Morgan fingerprint density at radius 1 is 1.40 bits per heavy atom. The number of carbonyl (C=O) groups is 1. The minimum atomic E-state index is -0.344. The molecule has 3 rings (SSSR count). The zero-order chi connectivity index (χ0) is 14.2. The van der Waals surface area contributed by atoms with Crippen LogP contribution in [0.15, 0.2) is 0 Å². The van der Waals surface area contributed by atoms with Gasteiger partial charge < -0.3 is 10.6 Å². The van der Waals surface area contributed by atoms with Crippen LogP contribution in [0.5, 0.6) is 0 Å². The lowest BCUT2D eigenvalue weighted by Gasteiger charge is -2.35. The van der Waals surface area contributed by atoms with Gasteiger partial charge in [0.25, 0.3) is 0 Å². The summed E-state index contributed by atoms with van der Waals surface area (Å²) in [6.07, 6.45) is 5.69. The first-order valence-corrected chi connectivity index (χ1v) is 8.40. The molecule has 1 fully saturated rings. The van der Waals surface area contributed by atoms with Crippen molar-refractivity contribution >= 4 is 22.4 Å². The first-order chi connectivity index (χ1) is 9.57. The number of thiazole rings is 1. The van der Waals surface area contributed by atoms with Crippen molar-refractivity contribution in [3.8, 4) is 0 Å². The van der Waals surface area contributed by atoms with Crippen molar-refractivity contribution in [1.82, 2.24) is 10.3 Å². The zero-order valence-electron chi connectivity index (χ0n) is 12.3. The molecule has 0 radical (unpaired) electrons. The lowest BCUT2D eigenvalue weighted by Crippen LogP contribution is -2.44. The van der Waals surface area contributed by atoms with Gasteiger partial charge in [-0.05, 0) is 51.1 Å². The Hall–Kier alpha value is -0.940. The maximum Gasteiger partial charge on any atom is 0.232 e. The molecule has 0 bridgehead atoms. The van der Waals surface area contributed by atoms with E-state index in [1.54, 1.807) is 11.3 Å². The molecule has 2 N–H and O–H groups in total. The molecule has 1 atom stereocenters. The molecule has 1 aromatic rings. The highest BCUT2D eigenvalue weighted by molar-refractivity contribution is 7.15. The van der Waals surface area contributed by atoms with E-state index in [-0.39, 0.29) is 11.3 Å². The Labute approximate surface area is 124 Å². The smallest absolute Gasteiger partial charge is 0.232 e. The average molecular weight is 293 g/mol. The van der Waals surface area contributed by atoms with Crippen LogP contribution < -0.4 is 10.6 Å². The summed E-state index contributed by atoms with van der Waals surface area (Å²) in [6, 6.07) is 0. The van der Waals surface area contributed by atoms with Gasteiger partial charge in [0.1, 0.15) is 0 Å². The SMILES string of the molecule is CC(C)(C(=O)Nc1nc2c(s1)CCC2)C1CCCNC1. The van der Waals surface area contributed by atoms with E-state index in [0.717, 1.165) is 43.9 Å². The molecule has 1 aliphatic heterocycles. The van der Waals surface area contributed by atoms with Crippen LogP contribution in [-0.4, -0.2) is 24.0 Å². The predicted octanol–water partition coefficient (Wildman–Crippen LogP) is 2.60. The van der Waals surface area contributed by atoms with E-state index in [9.17, 15) is 4.79 Å². The van der Waals surface area contributed by atoms with Crippen molar-refractivity contribution in [3.05, 3.63) is 10.6 Å². The highest BCUT2D eigenvalue weighted by Gasteiger charge is 2.37. The van der Waals surface area contributed by atoms with Crippen LogP contribution in [0.4, 0.5) is 5.13 Å². The molecule has 2 aliphatic rings. The molecule has 1 aliphatic carbocycles. The number of nitrogens with zero attached hydrogens (tertiary/aromatic N) is 1. The molecule has 0 spiro atoms. The standard InChI is InChI=1S/C15H23N3OS/c1-15(2,10-5-4-8-16-9-10)13(19)18-14-17-11-6-3-7-12(11)20-14/h10,16H,3-9H2,1-2H3,(H,17,18,19). The second-order valence-corrected chi connectivity index (χ2v) is 7.55. The number of rotatable bonds is 3. The minimum absolute atomic E-state index is 0.110. The predicted molar refractivity (Wildman–Crippen MR) is 82.1 cm³/mol. The van der Waals surface area contributed by atoms with Crippen molar-refractivity contribution in [1.29, 1.82) is 0 Å². The maximum absolute atomic E-state index is 12.6. The molecule has 110 valence electrons. The first kappa shape index (κ1) is 14.0. The normalized spacial score (nSPS) is 22.6. The Kier molecular flexibility index (Phi) is 3.82. The average Bonchev–Trinajstić information content (AvgIpc) is 3.00. The van der Waals surface area contributed by atoms with Crippen LogP contribution in [0.2, 0.25) is 0 Å². The number of carbonyl (C=O) groups excluding carboxylic acids is 1. The lowest BCUT2D eigenvalue weighted by atomic mass is 9.74. The van der Waals surface area contributed by atoms with Crippen LogP contribution in [0.25, 0.3) is 0 Å². The van der Waals surface area contributed by atoms with E-state index < -0.39 is 0 Å². The third-order valence-corrected chi connectivity index (χ3v) is 5.79. The fourth-order valence-corrected chi connectivity index (χ4v) is 4.20. The summed E-state index contributed by atoms with van der Waals surface area (Å²) in [6.45, 7) is 6.13. The van der Waals surface area contributed by atoms with Crippen molar-refractivity contribution < 1.29 is 4.79 Å². The summed E-state index contributed by atoms with van der Waals surface area (Å²) in [7, 11) is 0. The van der Waals surface area contributed by atoms with Crippen LogP contribution in [0.3, 0.4) is 0 Å². The van der Waals surface area contributed by atoms with Gasteiger partial charge in [-0.1, -0.05) is 13.8 Å². The van der Waals surface area contributed by atoms with E-state index in [1.165, 1.54) is 17.0 Å². The topological polar surface area (TPSA) is 54.0 Å². The Balaban J connectivity index is 1.67. The van der Waals surface area contributed by atoms with Gasteiger partial charge in [-0.2, -0.15) is 0 Å². The first-order valence-electron chi connectivity index (χ1n) is 7.58. The number of nitrogens with one attached hydrogen (secondary N) is 2. The van der Waals surface area contributed by atoms with Gasteiger partial charge >= 0.3 is 0 Å². The molecular weight excluding hydrogens is 270 g/mol. The summed E-state index contributed by atoms with van der Waals surface area (Å²) in [5.74, 6) is 0.515. The molecule has 20 heavy (non-hydrogen) atoms. The zero-order valence-corrected chi connectivity index (χ0v) is 13.1. The fraction of sp³-hybridized carbons (Fsp3) is 0.733. The van der Waals surface area contributed by atoms with Crippen molar-refractivity contribution in [2.24, 2.45) is 11.3 Å². The number of amides is 1. The number of fused-ring (bicyclic) bond motifs is 1. The summed E-state index contributed by atoms with van der Waals surface area (Å²) in [4.78, 5) is 18.5. The highest BCUT2D eigenvalue weighted by Crippen LogP contribution is 2.35. The van der Waals surface area contributed by atoms with Crippen LogP contribution >= 0.6 is 11.3 Å². The summed E-state index contributed by atoms with van der Waals surface area (Å²) < 4.78 is 0. The number of aromatic nitrogens is 1. The minimum Gasteiger partial charge on any atom is -0.316 e. The lowest BCUT2D eigenvalue weighted by molar-refractivity contribution is -0.127. The van der Waals surface area contributed by atoms with Gasteiger partial charge in [0.2, 0.25) is 5.91 Å². The van der Waals surface area contributed by atoms with Crippen molar-refractivity contribution in [2.75, 3.05) is 18.4 Å². The Morgan fingerprint density at radius 3 is 2.95 bits per heavy atom. The van der Waals surface area contributed by atoms with Gasteiger partial charge in [0.05, 0.1) is 5.69 Å². The van der Waals surface area contributed by atoms with E-state index in [4.69, 9.17) is 0 Å². The molecule has 1 saturated heterocycles. The number of anilines is 1. The fourth-order valence-electron chi connectivity index (χ4n) is 3.16. The van der Waals surface area contributed by atoms with Crippen molar-refractivity contribution in [2.45, 2.75) is 46.0 Å². The Bertz CT molecular complexity index is 482. The third-order valence-electron chi connectivity index (χ3n) is 4.72. The molecule has 2 heterocycles.